The zero-order valence-electron chi connectivity index (χ0n) is 8.29. The van der Waals surface area contributed by atoms with Gasteiger partial charge in [0.25, 0.3) is 0 Å². The Morgan fingerprint density at radius 2 is 2.36 bits per heavy atom. The summed E-state index contributed by atoms with van der Waals surface area (Å²) < 4.78 is 6.55. The van der Waals surface area contributed by atoms with Crippen LogP contribution in [0, 0.1) is 0 Å². The van der Waals surface area contributed by atoms with E-state index in [1.165, 1.54) is 0 Å². The second-order valence-corrected chi connectivity index (χ2v) is 3.28. The summed E-state index contributed by atoms with van der Waals surface area (Å²) in [6.45, 7) is 3.04. The molecule has 0 aliphatic carbocycles. The Hall–Kier alpha value is -0.870. The minimum Gasteiger partial charge on any atom is -0.378 e. The molecule has 0 aliphatic heterocycles. The third kappa shape index (κ3) is 2.13. The number of aldehydes is 1. The first kappa shape index (κ1) is 11.2. The van der Waals surface area contributed by atoms with Crippen LogP contribution < -0.4 is 0 Å². The first-order valence-corrected chi connectivity index (χ1v) is 4.81. The molecular formula is C9H13ClN2O2. The smallest absolute Gasteiger partial charge is 0.155 e. The van der Waals surface area contributed by atoms with Crippen LogP contribution in [-0.4, -0.2) is 23.2 Å². The summed E-state index contributed by atoms with van der Waals surface area (Å²) in [5, 5.41) is 4.59. The van der Waals surface area contributed by atoms with E-state index >= 15 is 0 Å². The van der Waals surface area contributed by atoms with Crippen molar-refractivity contribution in [1.29, 1.82) is 0 Å². The molecule has 0 fully saturated rings. The minimum atomic E-state index is 0.310. The van der Waals surface area contributed by atoms with Crippen molar-refractivity contribution >= 4 is 17.9 Å². The van der Waals surface area contributed by atoms with E-state index in [9.17, 15) is 4.79 Å². The predicted molar refractivity (Wildman–Crippen MR) is 53.6 cm³/mol. The van der Waals surface area contributed by atoms with Crippen molar-refractivity contribution in [3.8, 4) is 0 Å². The fourth-order valence-corrected chi connectivity index (χ4v) is 1.50. The molecule has 0 aliphatic rings. The van der Waals surface area contributed by atoms with Crippen molar-refractivity contribution in [1.82, 2.24) is 9.78 Å². The first-order valence-electron chi connectivity index (χ1n) is 4.43. The van der Waals surface area contributed by atoms with Crippen LogP contribution in [0.2, 0.25) is 5.15 Å². The number of aryl methyl sites for hydroxylation is 1. The van der Waals surface area contributed by atoms with Gasteiger partial charge >= 0.3 is 0 Å². The number of nitrogens with zero attached hydrogens (tertiary/aromatic N) is 2. The van der Waals surface area contributed by atoms with Crippen LogP contribution in [0.1, 0.15) is 29.4 Å². The zero-order chi connectivity index (χ0) is 10.6. The summed E-state index contributed by atoms with van der Waals surface area (Å²) in [6.07, 6.45) is 1.64. The topological polar surface area (TPSA) is 44.1 Å². The Morgan fingerprint density at radius 3 is 2.86 bits per heavy atom. The first-order chi connectivity index (χ1) is 6.74. The predicted octanol–water partition coefficient (Wildman–Crippen LogP) is 1.91. The number of carbonyl (C=O) groups excluding carboxylic acids is 1. The molecular weight excluding hydrogens is 204 g/mol. The molecule has 0 aromatic carbocycles. The van der Waals surface area contributed by atoms with E-state index in [0.29, 0.717) is 29.6 Å². The Kier molecular flexibility index (Phi) is 4.10. The average Bonchev–Trinajstić information content (AvgIpc) is 2.45. The van der Waals surface area contributed by atoms with E-state index in [-0.39, 0.29) is 0 Å². The lowest BCUT2D eigenvalue weighted by atomic mass is 10.3. The van der Waals surface area contributed by atoms with Crippen molar-refractivity contribution in [2.24, 2.45) is 0 Å². The Bertz CT molecular complexity index is 323. The van der Waals surface area contributed by atoms with E-state index in [1.54, 1.807) is 11.8 Å². The van der Waals surface area contributed by atoms with Gasteiger partial charge in [-0.05, 0) is 6.42 Å². The zero-order valence-corrected chi connectivity index (χ0v) is 9.04. The Morgan fingerprint density at radius 1 is 1.64 bits per heavy atom. The van der Waals surface area contributed by atoms with E-state index in [1.807, 2.05) is 6.92 Å². The molecule has 0 N–H and O–H groups in total. The second-order valence-electron chi connectivity index (χ2n) is 2.93. The van der Waals surface area contributed by atoms with Gasteiger partial charge in [-0.3, -0.25) is 9.48 Å². The highest BCUT2D eigenvalue weighted by Gasteiger charge is 2.14. The van der Waals surface area contributed by atoms with E-state index < -0.39 is 0 Å². The number of hydrogen-bond donors (Lipinski definition) is 0. The molecule has 1 aromatic rings. The van der Waals surface area contributed by atoms with Gasteiger partial charge < -0.3 is 4.74 Å². The van der Waals surface area contributed by atoms with Crippen LogP contribution in [0.25, 0.3) is 0 Å². The molecule has 0 saturated heterocycles. The number of aromatic nitrogens is 2. The third-order valence-corrected chi connectivity index (χ3v) is 2.23. The van der Waals surface area contributed by atoms with Gasteiger partial charge in [0.15, 0.2) is 6.29 Å². The third-order valence-electron chi connectivity index (χ3n) is 1.84. The number of hydrogen-bond acceptors (Lipinski definition) is 3. The van der Waals surface area contributed by atoms with Crippen LogP contribution in [0.15, 0.2) is 0 Å². The highest BCUT2D eigenvalue weighted by atomic mass is 35.5. The van der Waals surface area contributed by atoms with Gasteiger partial charge in [-0.1, -0.05) is 18.5 Å². The molecule has 1 rings (SSSR count). The van der Waals surface area contributed by atoms with Gasteiger partial charge in [-0.25, -0.2) is 0 Å². The Balaban J connectivity index is 3.03. The summed E-state index contributed by atoms with van der Waals surface area (Å²) in [5.41, 5.74) is 1.03. The normalized spacial score (nSPS) is 10.5. The molecule has 14 heavy (non-hydrogen) atoms. The maximum Gasteiger partial charge on any atom is 0.155 e. The average molecular weight is 217 g/mol. The molecule has 0 spiro atoms. The minimum absolute atomic E-state index is 0.310. The number of halogens is 1. The summed E-state index contributed by atoms with van der Waals surface area (Å²) in [6, 6.07) is 0. The molecule has 0 saturated carbocycles. The maximum absolute atomic E-state index is 10.7. The van der Waals surface area contributed by atoms with Crippen LogP contribution >= 0.6 is 11.6 Å². The van der Waals surface area contributed by atoms with Gasteiger partial charge in [0.2, 0.25) is 0 Å². The number of carbonyl (C=O) groups is 1. The standard InChI is InChI=1S/C9H13ClN2O2/c1-3-4-12-9(10)7(5-13)8(11-12)6-14-2/h5H,3-4,6H2,1-2H3. The maximum atomic E-state index is 10.7. The second kappa shape index (κ2) is 5.12. The van der Waals surface area contributed by atoms with E-state index in [2.05, 4.69) is 5.10 Å². The lowest BCUT2D eigenvalue weighted by Crippen LogP contribution is -2.00. The van der Waals surface area contributed by atoms with Crippen LogP contribution in [0.5, 0.6) is 0 Å². The summed E-state index contributed by atoms with van der Waals surface area (Å²) in [4.78, 5) is 10.7. The molecule has 0 amide bonds. The highest BCUT2D eigenvalue weighted by molar-refractivity contribution is 6.32. The van der Waals surface area contributed by atoms with E-state index in [4.69, 9.17) is 16.3 Å². The Labute approximate surface area is 87.8 Å². The lowest BCUT2D eigenvalue weighted by Gasteiger charge is -1.98. The van der Waals surface area contributed by atoms with Crippen molar-refractivity contribution in [3.63, 3.8) is 0 Å². The molecule has 0 radical (unpaired) electrons. The SMILES string of the molecule is CCCn1nc(COC)c(C=O)c1Cl. The molecule has 5 heteroatoms. The lowest BCUT2D eigenvalue weighted by molar-refractivity contribution is 0.111. The largest absolute Gasteiger partial charge is 0.378 e. The van der Waals surface area contributed by atoms with Crippen molar-refractivity contribution in [2.45, 2.75) is 26.5 Å². The summed E-state index contributed by atoms with van der Waals surface area (Å²) in [5.74, 6) is 0. The van der Waals surface area contributed by atoms with Crippen LogP contribution in [0.3, 0.4) is 0 Å². The van der Waals surface area contributed by atoms with Crippen molar-refractivity contribution < 1.29 is 9.53 Å². The molecule has 1 heterocycles. The van der Waals surface area contributed by atoms with Crippen LogP contribution in [-0.2, 0) is 17.9 Å². The highest BCUT2D eigenvalue weighted by Crippen LogP contribution is 2.19. The molecule has 4 nitrogen and oxygen atoms in total. The molecule has 78 valence electrons. The number of methoxy groups -OCH3 is 1. The van der Waals surface area contributed by atoms with E-state index in [0.717, 1.165) is 12.7 Å². The fraction of sp³-hybridized carbons (Fsp3) is 0.556. The van der Waals surface area contributed by atoms with Gasteiger partial charge in [0.1, 0.15) is 10.8 Å². The number of ether oxygens (including phenoxy) is 1. The monoisotopic (exact) mass is 216 g/mol. The summed E-state index contributed by atoms with van der Waals surface area (Å²) in [7, 11) is 1.56. The van der Waals surface area contributed by atoms with Crippen LogP contribution in [0.4, 0.5) is 0 Å². The quantitative estimate of drug-likeness (QED) is 0.707. The summed E-state index contributed by atoms with van der Waals surface area (Å²) >= 11 is 5.96. The molecule has 0 bridgehead atoms. The van der Waals surface area contributed by atoms with Gasteiger partial charge in [-0.15, -0.1) is 0 Å². The van der Waals surface area contributed by atoms with Crippen molar-refractivity contribution in [3.05, 3.63) is 16.4 Å². The van der Waals surface area contributed by atoms with Crippen molar-refractivity contribution in [2.75, 3.05) is 7.11 Å². The molecule has 0 unspecified atom stereocenters. The molecule has 1 aromatic heterocycles. The number of rotatable bonds is 5. The van der Waals surface area contributed by atoms with Gasteiger partial charge in [0, 0.05) is 13.7 Å². The van der Waals surface area contributed by atoms with Gasteiger partial charge in [-0.2, -0.15) is 5.10 Å². The van der Waals surface area contributed by atoms with Gasteiger partial charge in [0.05, 0.1) is 12.2 Å². The fourth-order valence-electron chi connectivity index (χ4n) is 1.22. The molecule has 0 atom stereocenters.